The highest BCUT2D eigenvalue weighted by Crippen LogP contribution is 2.25. The standard InChI is InChI=1S/C14H18ClNO/c1-3-5-9-17-14-7-6-12(10-13(14)15)11-16-8-4-2/h6-7,10,16H,4,8-9,11H2,1-2H3. The molecule has 0 radical (unpaired) electrons. The molecule has 0 saturated heterocycles. The van der Waals surface area contributed by atoms with E-state index in [1.165, 1.54) is 0 Å². The fourth-order valence-corrected chi connectivity index (χ4v) is 1.62. The lowest BCUT2D eigenvalue weighted by atomic mass is 10.2. The minimum atomic E-state index is 0.379. The van der Waals surface area contributed by atoms with E-state index < -0.39 is 0 Å². The second kappa shape index (κ2) is 8.00. The number of nitrogens with one attached hydrogen (secondary N) is 1. The van der Waals surface area contributed by atoms with Crippen molar-refractivity contribution in [1.29, 1.82) is 0 Å². The predicted octanol–water partition coefficient (Wildman–Crippen LogP) is 3.24. The second-order valence-corrected chi connectivity index (χ2v) is 4.06. The zero-order valence-electron chi connectivity index (χ0n) is 10.3. The first-order valence-corrected chi connectivity index (χ1v) is 6.17. The Labute approximate surface area is 108 Å². The van der Waals surface area contributed by atoms with Crippen molar-refractivity contribution in [3.8, 4) is 17.6 Å². The Bertz CT molecular complexity index is 406. The van der Waals surface area contributed by atoms with Gasteiger partial charge in [-0.1, -0.05) is 30.5 Å². The summed E-state index contributed by atoms with van der Waals surface area (Å²) in [4.78, 5) is 0. The number of benzene rings is 1. The molecule has 1 N–H and O–H groups in total. The highest BCUT2D eigenvalue weighted by Gasteiger charge is 2.02. The third kappa shape index (κ3) is 5.12. The van der Waals surface area contributed by atoms with Crippen molar-refractivity contribution < 1.29 is 4.74 Å². The zero-order valence-corrected chi connectivity index (χ0v) is 11.1. The lowest BCUT2D eigenvalue weighted by Gasteiger charge is -2.08. The van der Waals surface area contributed by atoms with E-state index in [1.54, 1.807) is 6.92 Å². The van der Waals surface area contributed by atoms with Gasteiger partial charge in [0.25, 0.3) is 0 Å². The van der Waals surface area contributed by atoms with Gasteiger partial charge >= 0.3 is 0 Å². The van der Waals surface area contributed by atoms with Crippen LogP contribution in [0.3, 0.4) is 0 Å². The monoisotopic (exact) mass is 251 g/mol. The Morgan fingerprint density at radius 3 is 2.88 bits per heavy atom. The molecule has 0 fully saturated rings. The highest BCUT2D eigenvalue weighted by atomic mass is 35.5. The van der Waals surface area contributed by atoms with Gasteiger partial charge in [-0.2, -0.15) is 0 Å². The summed E-state index contributed by atoms with van der Waals surface area (Å²) in [5.41, 5.74) is 1.16. The molecule has 0 aliphatic heterocycles. The van der Waals surface area contributed by atoms with E-state index in [4.69, 9.17) is 16.3 Å². The van der Waals surface area contributed by atoms with Gasteiger partial charge in [0.15, 0.2) is 0 Å². The Morgan fingerprint density at radius 1 is 1.41 bits per heavy atom. The summed E-state index contributed by atoms with van der Waals surface area (Å²) < 4.78 is 5.43. The Morgan fingerprint density at radius 2 is 2.24 bits per heavy atom. The maximum Gasteiger partial charge on any atom is 0.149 e. The van der Waals surface area contributed by atoms with Crippen LogP contribution in [0.25, 0.3) is 0 Å². The molecule has 0 aliphatic rings. The molecule has 1 aromatic rings. The van der Waals surface area contributed by atoms with Gasteiger partial charge in [0, 0.05) is 6.54 Å². The predicted molar refractivity (Wildman–Crippen MR) is 72.4 cm³/mol. The SMILES string of the molecule is CC#CCOc1ccc(CNCCC)cc1Cl. The van der Waals surface area contributed by atoms with Gasteiger partial charge in [0.05, 0.1) is 5.02 Å². The van der Waals surface area contributed by atoms with Crippen LogP contribution in [0.4, 0.5) is 0 Å². The van der Waals surface area contributed by atoms with Crippen LogP contribution < -0.4 is 10.1 Å². The van der Waals surface area contributed by atoms with Crippen LogP contribution in [0.2, 0.25) is 5.02 Å². The molecule has 1 aromatic carbocycles. The first-order valence-electron chi connectivity index (χ1n) is 5.79. The molecule has 0 unspecified atom stereocenters. The molecular weight excluding hydrogens is 234 g/mol. The molecule has 17 heavy (non-hydrogen) atoms. The molecule has 0 amide bonds. The molecule has 92 valence electrons. The van der Waals surface area contributed by atoms with Gasteiger partial charge in [-0.3, -0.25) is 0 Å². The lowest BCUT2D eigenvalue weighted by molar-refractivity contribution is 0.370. The maximum absolute atomic E-state index is 6.12. The third-order valence-corrected chi connectivity index (χ3v) is 2.52. The molecule has 0 aliphatic carbocycles. The van der Waals surface area contributed by atoms with Crippen LogP contribution in [0, 0.1) is 11.8 Å². The van der Waals surface area contributed by atoms with Gasteiger partial charge in [0.2, 0.25) is 0 Å². The molecule has 2 nitrogen and oxygen atoms in total. The van der Waals surface area contributed by atoms with Crippen LogP contribution in [0.1, 0.15) is 25.8 Å². The number of rotatable bonds is 6. The third-order valence-electron chi connectivity index (χ3n) is 2.23. The largest absolute Gasteiger partial charge is 0.479 e. The van der Waals surface area contributed by atoms with E-state index in [0.717, 1.165) is 25.1 Å². The maximum atomic E-state index is 6.12. The molecule has 3 heteroatoms. The van der Waals surface area contributed by atoms with Crippen molar-refractivity contribution in [3.05, 3.63) is 28.8 Å². The van der Waals surface area contributed by atoms with E-state index in [2.05, 4.69) is 24.1 Å². The molecule has 0 heterocycles. The van der Waals surface area contributed by atoms with Crippen LogP contribution in [0.5, 0.6) is 5.75 Å². The number of halogens is 1. The van der Waals surface area contributed by atoms with Gasteiger partial charge in [-0.15, -0.1) is 5.92 Å². The van der Waals surface area contributed by atoms with Crippen molar-refractivity contribution in [1.82, 2.24) is 5.32 Å². The van der Waals surface area contributed by atoms with E-state index >= 15 is 0 Å². The van der Waals surface area contributed by atoms with Gasteiger partial charge < -0.3 is 10.1 Å². The van der Waals surface area contributed by atoms with Gasteiger partial charge in [-0.25, -0.2) is 0 Å². The van der Waals surface area contributed by atoms with Crippen LogP contribution >= 0.6 is 11.6 Å². The Kier molecular flexibility index (Phi) is 6.54. The summed E-state index contributed by atoms with van der Waals surface area (Å²) >= 11 is 6.12. The normalized spacial score (nSPS) is 9.59. The van der Waals surface area contributed by atoms with E-state index in [9.17, 15) is 0 Å². The number of hydrogen-bond acceptors (Lipinski definition) is 2. The average molecular weight is 252 g/mol. The molecule has 1 rings (SSSR count). The summed E-state index contributed by atoms with van der Waals surface area (Å²) in [6.45, 7) is 6.16. The van der Waals surface area contributed by atoms with Gasteiger partial charge in [0.1, 0.15) is 12.4 Å². The van der Waals surface area contributed by atoms with Crippen molar-refractivity contribution in [3.63, 3.8) is 0 Å². The van der Waals surface area contributed by atoms with Crippen molar-refractivity contribution >= 4 is 11.6 Å². The zero-order chi connectivity index (χ0) is 12.5. The summed E-state index contributed by atoms with van der Waals surface area (Å²) in [7, 11) is 0. The molecular formula is C14H18ClNO. The minimum Gasteiger partial charge on any atom is -0.479 e. The molecule has 0 bridgehead atoms. The summed E-state index contributed by atoms with van der Waals surface area (Å²) in [6, 6.07) is 5.84. The van der Waals surface area contributed by atoms with E-state index in [0.29, 0.717) is 17.4 Å². The number of hydrogen-bond donors (Lipinski definition) is 1. The summed E-state index contributed by atoms with van der Waals surface area (Å²) in [6.07, 6.45) is 1.13. The summed E-state index contributed by atoms with van der Waals surface area (Å²) in [5, 5.41) is 3.97. The van der Waals surface area contributed by atoms with Crippen LogP contribution in [-0.2, 0) is 6.54 Å². The molecule has 0 spiro atoms. The average Bonchev–Trinajstić information content (AvgIpc) is 2.32. The van der Waals surface area contributed by atoms with Crippen LogP contribution in [-0.4, -0.2) is 13.2 Å². The molecule has 0 atom stereocenters. The van der Waals surface area contributed by atoms with Crippen molar-refractivity contribution in [2.24, 2.45) is 0 Å². The van der Waals surface area contributed by atoms with Crippen molar-refractivity contribution in [2.45, 2.75) is 26.8 Å². The van der Waals surface area contributed by atoms with E-state index in [-0.39, 0.29) is 0 Å². The Balaban J connectivity index is 2.55. The lowest BCUT2D eigenvalue weighted by Crippen LogP contribution is -2.13. The quantitative estimate of drug-likeness (QED) is 0.619. The smallest absolute Gasteiger partial charge is 0.149 e. The first kappa shape index (κ1) is 13.9. The molecule has 0 aromatic heterocycles. The minimum absolute atomic E-state index is 0.379. The fraction of sp³-hybridized carbons (Fsp3) is 0.429. The topological polar surface area (TPSA) is 21.3 Å². The second-order valence-electron chi connectivity index (χ2n) is 3.66. The first-order chi connectivity index (χ1) is 8.27. The number of ether oxygens (including phenoxy) is 1. The fourth-order valence-electron chi connectivity index (χ4n) is 1.37. The highest BCUT2D eigenvalue weighted by molar-refractivity contribution is 6.32. The van der Waals surface area contributed by atoms with E-state index in [1.807, 2.05) is 18.2 Å². The Hall–Kier alpha value is -1.17. The van der Waals surface area contributed by atoms with Gasteiger partial charge in [-0.05, 0) is 37.6 Å². The summed E-state index contributed by atoms with van der Waals surface area (Å²) in [5.74, 6) is 6.30. The van der Waals surface area contributed by atoms with Crippen LogP contribution in [0.15, 0.2) is 18.2 Å². The van der Waals surface area contributed by atoms with Crippen molar-refractivity contribution in [2.75, 3.05) is 13.2 Å². The molecule has 0 saturated carbocycles.